The van der Waals surface area contributed by atoms with Crippen molar-refractivity contribution in [3.8, 4) is 0 Å². The van der Waals surface area contributed by atoms with Crippen molar-refractivity contribution in [2.24, 2.45) is 5.92 Å². The van der Waals surface area contributed by atoms with Crippen LogP contribution in [0.5, 0.6) is 0 Å². The number of hydrogen-bond donors (Lipinski definition) is 1. The van der Waals surface area contributed by atoms with E-state index in [4.69, 9.17) is 4.74 Å². The van der Waals surface area contributed by atoms with Crippen LogP contribution >= 0.6 is 0 Å². The van der Waals surface area contributed by atoms with E-state index in [0.29, 0.717) is 6.04 Å². The van der Waals surface area contributed by atoms with E-state index in [1.807, 2.05) is 6.92 Å². The summed E-state index contributed by atoms with van der Waals surface area (Å²) in [6, 6.07) is 0.579. The van der Waals surface area contributed by atoms with E-state index in [-0.39, 0.29) is 11.9 Å². The predicted molar refractivity (Wildman–Crippen MR) is 68.9 cm³/mol. The first kappa shape index (κ1) is 14.5. The van der Waals surface area contributed by atoms with Gasteiger partial charge in [-0.3, -0.25) is 9.69 Å². The largest absolute Gasteiger partial charge is 0.469 e. The Hall–Kier alpha value is -0.610. The van der Waals surface area contributed by atoms with Crippen LogP contribution in [0.25, 0.3) is 0 Å². The van der Waals surface area contributed by atoms with E-state index in [1.165, 1.54) is 20.0 Å². The van der Waals surface area contributed by atoms with Crippen LogP contribution in [-0.4, -0.2) is 50.2 Å². The number of carbonyl (C=O) groups excluding carboxylic acids is 1. The number of piperidine rings is 1. The second-order valence-electron chi connectivity index (χ2n) is 4.92. The molecule has 17 heavy (non-hydrogen) atoms. The fraction of sp³-hybridized carbons (Fsp3) is 0.923. The number of esters is 1. The molecule has 0 aromatic rings. The summed E-state index contributed by atoms with van der Waals surface area (Å²) in [4.78, 5) is 13.9. The molecule has 0 aromatic heterocycles. The van der Waals surface area contributed by atoms with Crippen LogP contribution in [0.1, 0.15) is 33.1 Å². The first-order valence-corrected chi connectivity index (χ1v) is 6.71. The number of hydrogen-bond acceptors (Lipinski definition) is 4. The van der Waals surface area contributed by atoms with Crippen molar-refractivity contribution in [2.75, 3.05) is 33.3 Å². The number of methoxy groups -OCH3 is 1. The molecule has 0 saturated carbocycles. The van der Waals surface area contributed by atoms with Crippen molar-refractivity contribution >= 4 is 5.97 Å². The van der Waals surface area contributed by atoms with E-state index in [2.05, 4.69) is 17.1 Å². The Kier molecular flexibility index (Phi) is 6.52. The normalized spacial score (nSPS) is 22.5. The van der Waals surface area contributed by atoms with Crippen LogP contribution in [-0.2, 0) is 9.53 Å². The Morgan fingerprint density at radius 2 is 2.35 bits per heavy atom. The van der Waals surface area contributed by atoms with Gasteiger partial charge in [0, 0.05) is 19.1 Å². The summed E-state index contributed by atoms with van der Waals surface area (Å²) < 4.78 is 4.80. The fourth-order valence-electron chi connectivity index (χ4n) is 2.48. The van der Waals surface area contributed by atoms with Gasteiger partial charge in [-0.05, 0) is 32.4 Å². The Balaban J connectivity index is 2.49. The van der Waals surface area contributed by atoms with Crippen LogP contribution in [0.4, 0.5) is 0 Å². The van der Waals surface area contributed by atoms with Crippen LogP contribution in [0.2, 0.25) is 0 Å². The third-order valence-corrected chi connectivity index (χ3v) is 3.41. The Morgan fingerprint density at radius 3 is 2.88 bits per heavy atom. The SMILES string of the molecule is CCCN(CC(C)C(=O)OC)C1CCCNC1. The molecule has 1 aliphatic rings. The van der Waals surface area contributed by atoms with E-state index in [0.717, 1.165) is 32.6 Å². The Bertz CT molecular complexity index is 227. The average Bonchev–Trinajstić information content (AvgIpc) is 2.38. The summed E-state index contributed by atoms with van der Waals surface area (Å²) in [6.45, 7) is 8.19. The summed E-state index contributed by atoms with van der Waals surface area (Å²) in [5.41, 5.74) is 0. The minimum Gasteiger partial charge on any atom is -0.469 e. The lowest BCUT2D eigenvalue weighted by molar-refractivity contribution is -0.145. The van der Waals surface area contributed by atoms with Crippen molar-refractivity contribution in [1.82, 2.24) is 10.2 Å². The van der Waals surface area contributed by atoms with Gasteiger partial charge < -0.3 is 10.1 Å². The molecule has 4 heteroatoms. The standard InChI is InChI=1S/C13H26N2O2/c1-4-8-15(10-11(2)13(16)17-3)12-6-5-7-14-9-12/h11-12,14H,4-10H2,1-3H3. The van der Waals surface area contributed by atoms with E-state index in [1.54, 1.807) is 0 Å². The highest BCUT2D eigenvalue weighted by Gasteiger charge is 2.24. The highest BCUT2D eigenvalue weighted by Crippen LogP contribution is 2.13. The van der Waals surface area contributed by atoms with Crippen molar-refractivity contribution in [3.05, 3.63) is 0 Å². The van der Waals surface area contributed by atoms with Gasteiger partial charge >= 0.3 is 5.97 Å². The zero-order chi connectivity index (χ0) is 12.7. The molecule has 1 rings (SSSR count). The molecule has 0 bridgehead atoms. The zero-order valence-corrected chi connectivity index (χ0v) is 11.4. The second kappa shape index (κ2) is 7.67. The molecule has 0 radical (unpaired) electrons. The summed E-state index contributed by atoms with van der Waals surface area (Å²) >= 11 is 0. The summed E-state index contributed by atoms with van der Waals surface area (Å²) in [6.07, 6.45) is 3.60. The molecule has 1 saturated heterocycles. The lowest BCUT2D eigenvalue weighted by Crippen LogP contribution is -2.48. The molecule has 0 aliphatic carbocycles. The lowest BCUT2D eigenvalue weighted by Gasteiger charge is -2.35. The minimum absolute atomic E-state index is 0.0338. The molecule has 4 nitrogen and oxygen atoms in total. The molecular formula is C13H26N2O2. The molecule has 0 spiro atoms. The van der Waals surface area contributed by atoms with E-state index >= 15 is 0 Å². The number of ether oxygens (including phenoxy) is 1. The van der Waals surface area contributed by atoms with Gasteiger partial charge in [-0.1, -0.05) is 13.8 Å². The topological polar surface area (TPSA) is 41.6 Å². The van der Waals surface area contributed by atoms with Crippen LogP contribution in [0.15, 0.2) is 0 Å². The van der Waals surface area contributed by atoms with Gasteiger partial charge in [0.05, 0.1) is 13.0 Å². The Labute approximate surface area is 105 Å². The molecule has 1 N–H and O–H groups in total. The Morgan fingerprint density at radius 1 is 1.59 bits per heavy atom. The molecule has 2 atom stereocenters. The van der Waals surface area contributed by atoms with Crippen molar-refractivity contribution in [3.63, 3.8) is 0 Å². The predicted octanol–water partition coefficient (Wildman–Crippen LogP) is 1.26. The van der Waals surface area contributed by atoms with Crippen LogP contribution < -0.4 is 5.32 Å². The van der Waals surface area contributed by atoms with Gasteiger partial charge in [-0.2, -0.15) is 0 Å². The fourth-order valence-corrected chi connectivity index (χ4v) is 2.48. The first-order chi connectivity index (χ1) is 8.19. The first-order valence-electron chi connectivity index (χ1n) is 6.71. The number of carbonyl (C=O) groups is 1. The number of rotatable bonds is 6. The molecule has 0 amide bonds. The third kappa shape index (κ3) is 4.64. The van der Waals surface area contributed by atoms with Crippen LogP contribution in [0.3, 0.4) is 0 Å². The van der Waals surface area contributed by atoms with Crippen molar-refractivity contribution in [2.45, 2.75) is 39.2 Å². The number of nitrogens with zero attached hydrogens (tertiary/aromatic N) is 1. The van der Waals surface area contributed by atoms with Gasteiger partial charge in [0.2, 0.25) is 0 Å². The average molecular weight is 242 g/mol. The third-order valence-electron chi connectivity index (χ3n) is 3.41. The van der Waals surface area contributed by atoms with Gasteiger partial charge in [0.1, 0.15) is 0 Å². The lowest BCUT2D eigenvalue weighted by atomic mass is 10.0. The summed E-state index contributed by atoms with van der Waals surface area (Å²) in [7, 11) is 1.46. The maximum atomic E-state index is 11.5. The monoisotopic (exact) mass is 242 g/mol. The maximum Gasteiger partial charge on any atom is 0.309 e. The van der Waals surface area contributed by atoms with E-state index in [9.17, 15) is 4.79 Å². The van der Waals surface area contributed by atoms with E-state index < -0.39 is 0 Å². The highest BCUT2D eigenvalue weighted by molar-refractivity contribution is 5.72. The zero-order valence-electron chi connectivity index (χ0n) is 11.4. The smallest absolute Gasteiger partial charge is 0.309 e. The van der Waals surface area contributed by atoms with Gasteiger partial charge in [-0.25, -0.2) is 0 Å². The quantitative estimate of drug-likeness (QED) is 0.712. The molecule has 1 heterocycles. The van der Waals surface area contributed by atoms with Gasteiger partial charge in [0.15, 0.2) is 0 Å². The molecule has 2 unspecified atom stereocenters. The summed E-state index contributed by atoms with van der Waals surface area (Å²) in [5.74, 6) is -0.136. The summed E-state index contributed by atoms with van der Waals surface area (Å²) in [5, 5.41) is 3.43. The molecule has 0 aromatic carbocycles. The molecular weight excluding hydrogens is 216 g/mol. The molecule has 1 fully saturated rings. The highest BCUT2D eigenvalue weighted by atomic mass is 16.5. The van der Waals surface area contributed by atoms with Crippen molar-refractivity contribution in [1.29, 1.82) is 0 Å². The number of nitrogens with one attached hydrogen (secondary N) is 1. The second-order valence-corrected chi connectivity index (χ2v) is 4.92. The molecule has 100 valence electrons. The van der Waals surface area contributed by atoms with Crippen molar-refractivity contribution < 1.29 is 9.53 Å². The maximum absolute atomic E-state index is 11.5. The van der Waals surface area contributed by atoms with Gasteiger partial charge in [-0.15, -0.1) is 0 Å². The minimum atomic E-state index is -0.102. The van der Waals surface area contributed by atoms with Crippen LogP contribution in [0, 0.1) is 5.92 Å². The van der Waals surface area contributed by atoms with Gasteiger partial charge in [0.25, 0.3) is 0 Å². The molecule has 1 aliphatic heterocycles.